The normalized spacial score (nSPS) is 10.3. The molecule has 0 atom stereocenters. The minimum atomic E-state index is 0.717. The lowest BCUT2D eigenvalue weighted by Crippen LogP contribution is -2.04. The van der Waals surface area contributed by atoms with Gasteiger partial charge in [-0.25, -0.2) is 9.97 Å². The van der Waals surface area contributed by atoms with E-state index in [4.69, 9.17) is 0 Å². The molecule has 1 aromatic carbocycles. The fourth-order valence-electron chi connectivity index (χ4n) is 1.47. The molecule has 100 valence electrons. The molecule has 0 unspecified atom stereocenters. The summed E-state index contributed by atoms with van der Waals surface area (Å²) in [7, 11) is 0. The van der Waals surface area contributed by atoms with Gasteiger partial charge in [-0.05, 0) is 57.0 Å². The number of halogens is 3. The minimum absolute atomic E-state index is 0.717. The van der Waals surface area contributed by atoms with Crippen LogP contribution >= 0.6 is 47.8 Å². The summed E-state index contributed by atoms with van der Waals surface area (Å²) in [5, 5.41) is 6.43. The van der Waals surface area contributed by atoms with Crippen LogP contribution in [0.4, 0.5) is 17.3 Å². The number of rotatable bonds is 4. The third-order valence-electron chi connectivity index (χ3n) is 2.32. The van der Waals surface area contributed by atoms with Crippen LogP contribution in [-0.4, -0.2) is 16.5 Å². The molecule has 0 aliphatic rings. The summed E-state index contributed by atoms with van der Waals surface area (Å²) in [4.78, 5) is 8.42. The number of anilines is 3. The van der Waals surface area contributed by atoms with Crippen LogP contribution in [-0.2, 0) is 0 Å². The predicted molar refractivity (Wildman–Crippen MR) is 89.0 cm³/mol. The highest BCUT2D eigenvalue weighted by Gasteiger charge is 2.09. The molecule has 0 saturated heterocycles. The molecule has 0 amide bonds. The van der Waals surface area contributed by atoms with Crippen molar-refractivity contribution in [1.82, 2.24) is 9.97 Å². The summed E-state index contributed by atoms with van der Waals surface area (Å²) in [6.07, 6.45) is 1.53. The van der Waals surface area contributed by atoms with Crippen molar-refractivity contribution >= 4 is 65.1 Å². The molecule has 2 aromatic rings. The van der Waals surface area contributed by atoms with Crippen LogP contribution in [0.5, 0.6) is 0 Å². The summed E-state index contributed by atoms with van der Waals surface area (Å²) in [5.41, 5.74) is 0.935. The molecule has 7 heteroatoms. The van der Waals surface area contributed by atoms with Crippen LogP contribution in [0.25, 0.3) is 0 Å². The van der Waals surface area contributed by atoms with Gasteiger partial charge in [-0.3, -0.25) is 0 Å². The van der Waals surface area contributed by atoms with Gasteiger partial charge in [0.1, 0.15) is 22.4 Å². The van der Waals surface area contributed by atoms with Crippen molar-refractivity contribution in [3.63, 3.8) is 0 Å². The molecular formula is C12H11Br3N4. The van der Waals surface area contributed by atoms with E-state index in [9.17, 15) is 0 Å². The molecule has 2 rings (SSSR count). The monoisotopic (exact) mass is 448 g/mol. The van der Waals surface area contributed by atoms with Crippen LogP contribution in [0.15, 0.2) is 37.9 Å². The van der Waals surface area contributed by atoms with E-state index in [2.05, 4.69) is 68.4 Å². The van der Waals surface area contributed by atoms with E-state index in [-0.39, 0.29) is 0 Å². The van der Waals surface area contributed by atoms with E-state index < -0.39 is 0 Å². The van der Waals surface area contributed by atoms with Gasteiger partial charge in [-0.15, -0.1) is 0 Å². The molecular weight excluding hydrogens is 440 g/mol. The number of nitrogens with one attached hydrogen (secondary N) is 2. The van der Waals surface area contributed by atoms with Crippen molar-refractivity contribution < 1.29 is 0 Å². The molecule has 0 spiro atoms. The summed E-state index contributed by atoms with van der Waals surface area (Å²) in [5.74, 6) is 1.49. The van der Waals surface area contributed by atoms with Crippen LogP contribution in [0, 0.1) is 0 Å². The van der Waals surface area contributed by atoms with E-state index in [1.807, 2.05) is 25.1 Å². The Kier molecular flexibility index (Phi) is 5.18. The Labute approximate surface area is 136 Å². The lowest BCUT2D eigenvalue weighted by atomic mass is 10.3. The van der Waals surface area contributed by atoms with Crippen LogP contribution in [0.1, 0.15) is 6.92 Å². The number of aromatic nitrogens is 2. The van der Waals surface area contributed by atoms with Crippen molar-refractivity contribution in [1.29, 1.82) is 0 Å². The van der Waals surface area contributed by atoms with Gasteiger partial charge in [-0.1, -0.05) is 15.9 Å². The first-order valence-electron chi connectivity index (χ1n) is 5.58. The molecule has 19 heavy (non-hydrogen) atoms. The zero-order valence-corrected chi connectivity index (χ0v) is 14.8. The van der Waals surface area contributed by atoms with E-state index in [1.165, 1.54) is 6.33 Å². The molecule has 0 saturated carbocycles. The fourth-order valence-corrected chi connectivity index (χ4v) is 3.06. The van der Waals surface area contributed by atoms with Gasteiger partial charge in [0.2, 0.25) is 0 Å². The van der Waals surface area contributed by atoms with Gasteiger partial charge in [0, 0.05) is 15.5 Å². The third kappa shape index (κ3) is 3.67. The van der Waals surface area contributed by atoms with Crippen molar-refractivity contribution in [3.8, 4) is 0 Å². The second kappa shape index (κ2) is 6.67. The van der Waals surface area contributed by atoms with Gasteiger partial charge in [-0.2, -0.15) is 0 Å². The van der Waals surface area contributed by atoms with E-state index >= 15 is 0 Å². The predicted octanol–water partition coefficient (Wildman–Crippen LogP) is 4.94. The van der Waals surface area contributed by atoms with Crippen molar-refractivity contribution in [3.05, 3.63) is 37.9 Å². The molecule has 0 aliphatic heterocycles. The summed E-state index contributed by atoms with van der Waals surface area (Å²) in [6, 6.07) is 5.91. The number of hydrogen-bond donors (Lipinski definition) is 2. The maximum atomic E-state index is 4.24. The molecule has 1 heterocycles. The van der Waals surface area contributed by atoms with E-state index in [1.54, 1.807) is 0 Å². The Morgan fingerprint density at radius 3 is 2.53 bits per heavy atom. The largest absolute Gasteiger partial charge is 0.369 e. The molecule has 1 aromatic heterocycles. The standard InChI is InChI=1S/C12H11Br3N4/c1-2-16-11-10(15)12(18-6-17-11)19-9-4-3-7(13)5-8(9)14/h3-6H,2H2,1H3,(H2,16,17,18,19). The van der Waals surface area contributed by atoms with Gasteiger partial charge < -0.3 is 10.6 Å². The van der Waals surface area contributed by atoms with E-state index in [0.29, 0.717) is 5.82 Å². The van der Waals surface area contributed by atoms with Crippen molar-refractivity contribution in [2.45, 2.75) is 6.92 Å². The summed E-state index contributed by atoms with van der Waals surface area (Å²) >= 11 is 10.4. The zero-order chi connectivity index (χ0) is 13.8. The van der Waals surface area contributed by atoms with Gasteiger partial charge >= 0.3 is 0 Å². The fraction of sp³-hybridized carbons (Fsp3) is 0.167. The number of hydrogen-bond acceptors (Lipinski definition) is 4. The maximum absolute atomic E-state index is 4.24. The first kappa shape index (κ1) is 14.7. The van der Waals surface area contributed by atoms with Gasteiger partial charge in [0.05, 0.1) is 5.69 Å². The van der Waals surface area contributed by atoms with Crippen molar-refractivity contribution in [2.24, 2.45) is 0 Å². The zero-order valence-electron chi connectivity index (χ0n) is 10.0. The lowest BCUT2D eigenvalue weighted by molar-refractivity contribution is 1.10. The second-order valence-corrected chi connectivity index (χ2v) is 6.23. The Morgan fingerprint density at radius 2 is 1.84 bits per heavy atom. The minimum Gasteiger partial charge on any atom is -0.369 e. The Balaban J connectivity index is 2.30. The Hall–Kier alpha value is -0.660. The first-order chi connectivity index (χ1) is 9.11. The summed E-state index contributed by atoms with van der Waals surface area (Å²) < 4.78 is 2.78. The second-order valence-electron chi connectivity index (χ2n) is 3.66. The smallest absolute Gasteiger partial charge is 0.150 e. The molecule has 0 fully saturated rings. The Morgan fingerprint density at radius 1 is 1.11 bits per heavy atom. The Bertz CT molecular complexity index is 589. The molecule has 0 radical (unpaired) electrons. The molecule has 4 nitrogen and oxygen atoms in total. The first-order valence-corrected chi connectivity index (χ1v) is 7.96. The summed E-state index contributed by atoms with van der Waals surface area (Å²) in [6.45, 7) is 2.82. The number of benzene rings is 1. The lowest BCUT2D eigenvalue weighted by Gasteiger charge is -2.12. The highest BCUT2D eigenvalue weighted by molar-refractivity contribution is 9.11. The number of nitrogens with zero attached hydrogens (tertiary/aromatic N) is 2. The van der Waals surface area contributed by atoms with E-state index in [0.717, 1.165) is 31.5 Å². The maximum Gasteiger partial charge on any atom is 0.150 e. The quantitative estimate of drug-likeness (QED) is 0.692. The van der Waals surface area contributed by atoms with Gasteiger partial charge in [0.25, 0.3) is 0 Å². The highest BCUT2D eigenvalue weighted by Crippen LogP contribution is 2.32. The SMILES string of the molecule is CCNc1ncnc(Nc2ccc(Br)cc2Br)c1Br. The van der Waals surface area contributed by atoms with Gasteiger partial charge in [0.15, 0.2) is 0 Å². The topological polar surface area (TPSA) is 49.8 Å². The van der Waals surface area contributed by atoms with Crippen molar-refractivity contribution in [2.75, 3.05) is 17.2 Å². The average molecular weight is 451 g/mol. The molecule has 2 N–H and O–H groups in total. The molecule has 0 aliphatic carbocycles. The third-order valence-corrected chi connectivity index (χ3v) is 4.22. The average Bonchev–Trinajstić information content (AvgIpc) is 2.37. The highest BCUT2D eigenvalue weighted by atomic mass is 79.9. The molecule has 0 bridgehead atoms. The van der Waals surface area contributed by atoms with Crippen LogP contribution < -0.4 is 10.6 Å². The van der Waals surface area contributed by atoms with Crippen LogP contribution in [0.2, 0.25) is 0 Å². The van der Waals surface area contributed by atoms with Crippen LogP contribution in [0.3, 0.4) is 0 Å².